The van der Waals surface area contributed by atoms with E-state index >= 15 is 0 Å². The van der Waals surface area contributed by atoms with Crippen LogP contribution in [0.25, 0.3) is 0 Å². The summed E-state index contributed by atoms with van der Waals surface area (Å²) in [7, 11) is -6.12. The molecule has 0 aromatic heterocycles. The fourth-order valence-corrected chi connectivity index (χ4v) is 3.66. The highest BCUT2D eigenvalue weighted by molar-refractivity contribution is 8.14. The molecule has 0 atom stereocenters. The van der Waals surface area contributed by atoms with E-state index in [-0.39, 0.29) is 9.79 Å². The third-order valence-corrected chi connectivity index (χ3v) is 5.29. The minimum Gasteiger partial charge on any atom is -0.423 e. The average Bonchev–Trinajstić information content (AvgIpc) is 2.58. The quantitative estimate of drug-likeness (QED) is 0.338. The molecular formula is C15H12B2F6O4S. The highest BCUT2D eigenvalue weighted by atomic mass is 32.2. The SMILES string of the molecule is C=S(c1cc(B(O)O)cc(C(F)(F)F)c1)c1cc(B(O)O)cc(C(F)(F)F)c1. The summed E-state index contributed by atoms with van der Waals surface area (Å²) < 4.78 is 78.4. The second kappa shape index (κ2) is 7.91. The van der Waals surface area contributed by atoms with Gasteiger partial charge in [0.05, 0.1) is 11.1 Å². The van der Waals surface area contributed by atoms with Crippen LogP contribution >= 0.6 is 10.5 Å². The third-order valence-electron chi connectivity index (χ3n) is 3.68. The Morgan fingerprint density at radius 3 is 1.21 bits per heavy atom. The van der Waals surface area contributed by atoms with Crippen molar-refractivity contribution in [1.82, 2.24) is 0 Å². The van der Waals surface area contributed by atoms with Crippen LogP contribution in [0.2, 0.25) is 0 Å². The lowest BCUT2D eigenvalue weighted by Crippen LogP contribution is -2.31. The maximum atomic E-state index is 13.1. The number of hydrogen-bond acceptors (Lipinski definition) is 4. The van der Waals surface area contributed by atoms with Crippen LogP contribution in [0.15, 0.2) is 46.2 Å². The Balaban J connectivity index is 2.65. The maximum Gasteiger partial charge on any atom is 0.488 e. The standard InChI is InChI=1S/C15H12B2F6O4S/c1-28(12-4-8(14(18,19)20)2-10(6-12)16(24)25)13-5-9(15(21,22)23)3-11(7-13)17(26)27/h2-7,24-27H,1H2. The van der Waals surface area contributed by atoms with Crippen LogP contribution in [0.4, 0.5) is 26.3 Å². The van der Waals surface area contributed by atoms with Gasteiger partial charge in [-0.15, -0.1) is 10.5 Å². The molecule has 0 saturated heterocycles. The van der Waals surface area contributed by atoms with E-state index in [1.165, 1.54) is 0 Å². The zero-order valence-electron chi connectivity index (χ0n) is 13.8. The Hall–Kier alpha value is -1.79. The summed E-state index contributed by atoms with van der Waals surface area (Å²) >= 11 is 0. The summed E-state index contributed by atoms with van der Waals surface area (Å²) in [6.45, 7) is 0. The van der Waals surface area contributed by atoms with Gasteiger partial charge < -0.3 is 20.1 Å². The van der Waals surface area contributed by atoms with Crippen molar-refractivity contribution in [1.29, 1.82) is 0 Å². The third kappa shape index (κ3) is 5.17. The Kier molecular flexibility index (Phi) is 6.36. The molecule has 0 radical (unpaired) electrons. The molecule has 2 rings (SSSR count). The molecule has 150 valence electrons. The van der Waals surface area contributed by atoms with Gasteiger partial charge in [0.2, 0.25) is 0 Å². The minimum atomic E-state index is -4.84. The van der Waals surface area contributed by atoms with Gasteiger partial charge in [0.1, 0.15) is 0 Å². The summed E-state index contributed by atoms with van der Waals surface area (Å²) in [4.78, 5) is -0.425. The van der Waals surface area contributed by atoms with E-state index in [2.05, 4.69) is 5.87 Å². The van der Waals surface area contributed by atoms with Crippen LogP contribution in [0.3, 0.4) is 0 Å². The molecule has 4 nitrogen and oxygen atoms in total. The number of rotatable bonds is 4. The van der Waals surface area contributed by atoms with E-state index < -0.39 is 59.1 Å². The largest absolute Gasteiger partial charge is 0.488 e. The monoisotopic (exact) mass is 424 g/mol. The highest BCUT2D eigenvalue weighted by Crippen LogP contribution is 2.39. The molecule has 0 aliphatic heterocycles. The topological polar surface area (TPSA) is 80.9 Å². The number of alkyl halides is 6. The van der Waals surface area contributed by atoms with E-state index in [1.54, 1.807) is 0 Å². The predicted molar refractivity (Wildman–Crippen MR) is 93.8 cm³/mol. The first-order chi connectivity index (χ1) is 12.7. The van der Waals surface area contributed by atoms with Gasteiger partial charge in [-0.1, -0.05) is 18.0 Å². The smallest absolute Gasteiger partial charge is 0.423 e. The molecule has 28 heavy (non-hydrogen) atoms. The molecule has 0 aliphatic carbocycles. The fourth-order valence-electron chi connectivity index (χ4n) is 2.29. The minimum absolute atomic E-state index is 0.212. The lowest BCUT2D eigenvalue weighted by atomic mass is 9.79. The van der Waals surface area contributed by atoms with Gasteiger partial charge in [0.25, 0.3) is 0 Å². The normalized spacial score (nSPS) is 12.4. The van der Waals surface area contributed by atoms with Crippen molar-refractivity contribution in [3.63, 3.8) is 0 Å². The first-order valence-corrected chi connectivity index (χ1v) is 8.80. The zero-order chi connectivity index (χ0) is 21.4. The van der Waals surface area contributed by atoms with Gasteiger partial charge in [-0.05, 0) is 35.2 Å². The van der Waals surface area contributed by atoms with E-state index in [1.807, 2.05) is 0 Å². The molecule has 0 saturated carbocycles. The van der Waals surface area contributed by atoms with Gasteiger partial charge in [-0.2, -0.15) is 26.3 Å². The second-order valence-electron chi connectivity index (χ2n) is 5.72. The van der Waals surface area contributed by atoms with Crippen LogP contribution < -0.4 is 10.9 Å². The molecule has 0 spiro atoms. The van der Waals surface area contributed by atoms with Crippen LogP contribution in [0.5, 0.6) is 0 Å². The van der Waals surface area contributed by atoms with Gasteiger partial charge in [0.15, 0.2) is 0 Å². The second-order valence-corrected chi connectivity index (χ2v) is 7.44. The van der Waals surface area contributed by atoms with E-state index in [0.717, 1.165) is 12.1 Å². The number of benzene rings is 2. The summed E-state index contributed by atoms with van der Waals surface area (Å²) in [6.07, 6.45) is -9.69. The molecule has 0 fully saturated rings. The Labute approximate surface area is 158 Å². The summed E-state index contributed by atoms with van der Waals surface area (Å²) in [6, 6.07) is 4.23. The molecule has 0 unspecified atom stereocenters. The molecule has 2 aromatic rings. The van der Waals surface area contributed by atoms with Crippen LogP contribution in [-0.2, 0) is 12.4 Å². The Bertz CT molecular complexity index is 828. The molecule has 13 heteroatoms. The summed E-state index contributed by atoms with van der Waals surface area (Å²) in [5.74, 6) is 3.59. The number of halogens is 6. The summed E-state index contributed by atoms with van der Waals surface area (Å²) in [5, 5.41) is 36.9. The molecular weight excluding hydrogens is 412 g/mol. The van der Waals surface area contributed by atoms with Crippen LogP contribution in [0, 0.1) is 0 Å². The van der Waals surface area contributed by atoms with Gasteiger partial charge in [-0.25, -0.2) is 0 Å². The van der Waals surface area contributed by atoms with Crippen molar-refractivity contribution in [2.24, 2.45) is 0 Å². The lowest BCUT2D eigenvalue weighted by molar-refractivity contribution is -0.138. The Morgan fingerprint density at radius 2 is 0.964 bits per heavy atom. The summed E-state index contributed by atoms with van der Waals surface area (Å²) in [5.41, 5.74) is -3.49. The van der Waals surface area contributed by atoms with Crippen molar-refractivity contribution in [3.8, 4) is 0 Å². The van der Waals surface area contributed by atoms with Crippen molar-refractivity contribution < 1.29 is 46.4 Å². The molecule has 0 bridgehead atoms. The van der Waals surface area contributed by atoms with Crippen molar-refractivity contribution >= 4 is 41.5 Å². The van der Waals surface area contributed by atoms with E-state index in [4.69, 9.17) is 0 Å². The first-order valence-electron chi connectivity index (χ1n) is 7.41. The van der Waals surface area contributed by atoms with E-state index in [9.17, 15) is 46.4 Å². The molecule has 0 heterocycles. The van der Waals surface area contributed by atoms with Crippen molar-refractivity contribution in [2.75, 3.05) is 0 Å². The first kappa shape index (κ1) is 22.5. The van der Waals surface area contributed by atoms with Gasteiger partial charge >= 0.3 is 26.6 Å². The van der Waals surface area contributed by atoms with Crippen LogP contribution in [-0.4, -0.2) is 40.2 Å². The fraction of sp³-hybridized carbons (Fsp3) is 0.133. The highest BCUT2D eigenvalue weighted by Gasteiger charge is 2.34. The van der Waals surface area contributed by atoms with Gasteiger partial charge in [-0.3, -0.25) is 0 Å². The van der Waals surface area contributed by atoms with E-state index in [0.29, 0.717) is 24.3 Å². The molecule has 0 amide bonds. The zero-order valence-corrected chi connectivity index (χ0v) is 14.6. The molecule has 2 aromatic carbocycles. The molecule has 0 aliphatic rings. The van der Waals surface area contributed by atoms with Gasteiger partial charge in [0, 0.05) is 9.79 Å². The lowest BCUT2D eigenvalue weighted by Gasteiger charge is -2.17. The predicted octanol–water partition coefficient (Wildman–Crippen LogP) is 1.20. The Morgan fingerprint density at radius 1 is 0.643 bits per heavy atom. The van der Waals surface area contributed by atoms with Crippen molar-refractivity contribution in [2.45, 2.75) is 22.1 Å². The number of hydrogen-bond donors (Lipinski definition) is 4. The average molecular weight is 424 g/mol. The molecule has 4 N–H and O–H groups in total. The maximum absolute atomic E-state index is 13.1. The van der Waals surface area contributed by atoms with Crippen LogP contribution in [0.1, 0.15) is 11.1 Å². The van der Waals surface area contributed by atoms with Crippen molar-refractivity contribution in [3.05, 3.63) is 47.5 Å².